The highest BCUT2D eigenvalue weighted by molar-refractivity contribution is 6.03. The van der Waals surface area contributed by atoms with Crippen LogP contribution in [-0.4, -0.2) is 32.8 Å². The summed E-state index contributed by atoms with van der Waals surface area (Å²) in [6.45, 7) is 5.47. The number of anilines is 1. The first-order valence-electron chi connectivity index (χ1n) is 12.7. The molecule has 208 valence electrons. The lowest BCUT2D eigenvalue weighted by Gasteiger charge is -2.34. The van der Waals surface area contributed by atoms with Gasteiger partial charge in [0.25, 0.3) is 0 Å². The molecule has 1 fully saturated rings. The number of benzene rings is 2. The van der Waals surface area contributed by atoms with Gasteiger partial charge in [0.1, 0.15) is 0 Å². The maximum absolute atomic E-state index is 15.4. The molecule has 2 aromatic carbocycles. The van der Waals surface area contributed by atoms with E-state index in [-0.39, 0.29) is 17.5 Å². The molecule has 3 aromatic rings. The average molecular weight is 548 g/mol. The van der Waals surface area contributed by atoms with Gasteiger partial charge in [0.2, 0.25) is 11.6 Å². The van der Waals surface area contributed by atoms with Crippen molar-refractivity contribution >= 4 is 17.6 Å². The molecule has 1 heterocycles. The molecule has 4 rings (SSSR count). The number of alkyl halides is 3. The molecule has 1 aliphatic rings. The molecular formula is C28H29F4N3O4. The van der Waals surface area contributed by atoms with Crippen LogP contribution < -0.4 is 9.64 Å². The topological polar surface area (TPSA) is 84.7 Å². The monoisotopic (exact) mass is 547 g/mol. The number of ether oxygens (including phenoxy) is 1. The van der Waals surface area contributed by atoms with Crippen molar-refractivity contribution in [3.8, 4) is 17.2 Å². The fraction of sp³-hybridized carbons (Fsp3) is 0.393. The first-order valence-corrected chi connectivity index (χ1v) is 12.7. The first-order chi connectivity index (χ1) is 18.4. The van der Waals surface area contributed by atoms with Crippen LogP contribution in [0.3, 0.4) is 0 Å². The van der Waals surface area contributed by atoms with Gasteiger partial charge in [0.05, 0.1) is 23.1 Å². The summed E-state index contributed by atoms with van der Waals surface area (Å²) >= 11 is 0. The second kappa shape index (κ2) is 11.1. The van der Waals surface area contributed by atoms with Gasteiger partial charge >= 0.3 is 12.1 Å². The largest absolute Gasteiger partial charge is 0.478 e. The number of nitrogens with zero attached hydrogens (tertiary/aromatic N) is 3. The molecule has 1 aliphatic carbocycles. The van der Waals surface area contributed by atoms with E-state index < -0.39 is 46.8 Å². The highest BCUT2D eigenvalue weighted by Crippen LogP contribution is 2.40. The van der Waals surface area contributed by atoms with E-state index in [1.54, 1.807) is 32.0 Å². The van der Waals surface area contributed by atoms with Crippen molar-refractivity contribution in [1.82, 2.24) is 9.78 Å². The van der Waals surface area contributed by atoms with Gasteiger partial charge in [-0.2, -0.15) is 18.3 Å². The van der Waals surface area contributed by atoms with Crippen LogP contribution in [0, 0.1) is 17.7 Å². The Morgan fingerprint density at radius 3 is 2.28 bits per heavy atom. The quantitative estimate of drug-likeness (QED) is 0.319. The van der Waals surface area contributed by atoms with E-state index in [0.29, 0.717) is 24.4 Å². The lowest BCUT2D eigenvalue weighted by atomic mass is 9.82. The highest BCUT2D eigenvalue weighted by Gasteiger charge is 2.39. The van der Waals surface area contributed by atoms with Crippen molar-refractivity contribution in [3.63, 3.8) is 0 Å². The van der Waals surface area contributed by atoms with E-state index in [2.05, 4.69) is 12.0 Å². The summed E-state index contributed by atoms with van der Waals surface area (Å²) in [6.07, 6.45) is -0.997. The molecule has 0 atom stereocenters. The third-order valence-electron chi connectivity index (χ3n) is 6.85. The molecule has 0 saturated heterocycles. The van der Waals surface area contributed by atoms with Gasteiger partial charge in [-0.15, -0.1) is 0 Å². The number of carboxylic acid groups (broad SMARTS) is 1. The zero-order valence-electron chi connectivity index (χ0n) is 21.7. The molecule has 0 bridgehead atoms. The molecule has 0 radical (unpaired) electrons. The highest BCUT2D eigenvalue weighted by atomic mass is 19.4. The third kappa shape index (κ3) is 6.07. The van der Waals surface area contributed by atoms with Crippen molar-refractivity contribution in [2.75, 3.05) is 4.90 Å². The summed E-state index contributed by atoms with van der Waals surface area (Å²) in [7, 11) is 0. The second-order valence-corrected chi connectivity index (χ2v) is 10.1. The number of hydrogen-bond donors (Lipinski definition) is 1. The van der Waals surface area contributed by atoms with Crippen LogP contribution in [0.1, 0.15) is 62.5 Å². The van der Waals surface area contributed by atoms with E-state index in [4.69, 9.17) is 4.74 Å². The number of amides is 1. The normalized spacial score (nSPS) is 17.7. The summed E-state index contributed by atoms with van der Waals surface area (Å²) in [5.41, 5.74) is -1.75. The van der Waals surface area contributed by atoms with Crippen LogP contribution in [0.15, 0.2) is 48.7 Å². The van der Waals surface area contributed by atoms with Crippen LogP contribution in [0.2, 0.25) is 0 Å². The summed E-state index contributed by atoms with van der Waals surface area (Å²) in [5.74, 6) is -4.30. The fourth-order valence-corrected chi connectivity index (χ4v) is 4.81. The Morgan fingerprint density at radius 2 is 1.72 bits per heavy atom. The number of hydrogen-bond acceptors (Lipinski definition) is 4. The van der Waals surface area contributed by atoms with Crippen molar-refractivity contribution in [1.29, 1.82) is 0 Å². The SMILES string of the molecule is CC1CCC(C(=O)N(c2cc(F)c(Oc3cn(-c4ccccc4)nc3C(F)(F)F)cc2C(=O)O)C(C)C)CC1. The summed E-state index contributed by atoms with van der Waals surface area (Å²) < 4.78 is 62.8. The predicted molar refractivity (Wildman–Crippen MR) is 136 cm³/mol. The van der Waals surface area contributed by atoms with Crippen molar-refractivity contribution in [3.05, 3.63) is 65.7 Å². The lowest BCUT2D eigenvalue weighted by molar-refractivity contribution is -0.142. The average Bonchev–Trinajstić information content (AvgIpc) is 3.31. The van der Waals surface area contributed by atoms with Gasteiger partial charge in [-0.1, -0.05) is 25.1 Å². The number of rotatable bonds is 7. The minimum absolute atomic E-state index is 0.179. The van der Waals surface area contributed by atoms with Crippen molar-refractivity contribution < 1.29 is 37.0 Å². The standard InChI is InChI=1S/C28H29F4N3O4/c1-16(2)35(26(36)18-11-9-17(3)10-12-18)22-14-21(29)23(13-20(22)27(37)38)39-24-15-34(19-7-5-4-6-8-19)33-25(24)28(30,31)32/h4-8,13-18H,9-12H2,1-3H3,(H,37,38). The third-order valence-corrected chi connectivity index (χ3v) is 6.85. The molecular weight excluding hydrogens is 518 g/mol. The molecule has 11 heteroatoms. The molecule has 0 aliphatic heterocycles. The van der Waals surface area contributed by atoms with E-state index in [1.165, 1.54) is 17.0 Å². The Labute approximate surface area is 223 Å². The minimum atomic E-state index is -4.93. The molecule has 1 amide bonds. The van der Waals surface area contributed by atoms with Gasteiger partial charge in [-0.25, -0.2) is 13.9 Å². The first kappa shape index (κ1) is 28.1. The van der Waals surface area contributed by atoms with Crippen LogP contribution in [0.5, 0.6) is 11.5 Å². The summed E-state index contributed by atoms with van der Waals surface area (Å²) in [4.78, 5) is 26.9. The molecule has 39 heavy (non-hydrogen) atoms. The fourth-order valence-electron chi connectivity index (χ4n) is 4.81. The Bertz CT molecular complexity index is 1350. The molecule has 1 aromatic heterocycles. The van der Waals surface area contributed by atoms with E-state index >= 15 is 4.39 Å². The van der Waals surface area contributed by atoms with Crippen molar-refractivity contribution in [2.24, 2.45) is 11.8 Å². The van der Waals surface area contributed by atoms with E-state index in [9.17, 15) is 27.9 Å². The molecule has 7 nitrogen and oxygen atoms in total. The summed E-state index contributed by atoms with van der Waals surface area (Å²) in [6, 6.07) is 9.09. The van der Waals surface area contributed by atoms with E-state index in [1.807, 2.05) is 0 Å². The number of halogens is 4. The molecule has 0 unspecified atom stereocenters. The Hall–Kier alpha value is -3.89. The van der Waals surface area contributed by atoms with Crippen molar-refractivity contribution in [2.45, 2.75) is 58.7 Å². The zero-order valence-corrected chi connectivity index (χ0v) is 21.7. The summed E-state index contributed by atoms with van der Waals surface area (Å²) in [5, 5.41) is 13.5. The van der Waals surface area contributed by atoms with Crippen LogP contribution in [-0.2, 0) is 11.0 Å². The van der Waals surface area contributed by atoms with Crippen LogP contribution in [0.4, 0.5) is 23.2 Å². The van der Waals surface area contributed by atoms with Gasteiger partial charge in [-0.3, -0.25) is 4.79 Å². The second-order valence-electron chi connectivity index (χ2n) is 10.1. The van der Waals surface area contributed by atoms with Gasteiger partial charge in [-0.05, 0) is 57.6 Å². The Kier molecular flexibility index (Phi) is 7.99. The van der Waals surface area contributed by atoms with Crippen LogP contribution in [0.25, 0.3) is 5.69 Å². The molecule has 0 spiro atoms. The number of carbonyl (C=O) groups excluding carboxylic acids is 1. The van der Waals surface area contributed by atoms with Crippen LogP contribution >= 0.6 is 0 Å². The molecule has 1 N–H and O–H groups in total. The minimum Gasteiger partial charge on any atom is -0.478 e. The molecule has 1 saturated carbocycles. The number of aromatic carboxylic acids is 1. The Morgan fingerprint density at radius 1 is 1.08 bits per heavy atom. The maximum atomic E-state index is 15.4. The number of carboxylic acids is 1. The maximum Gasteiger partial charge on any atom is 0.438 e. The smallest absolute Gasteiger partial charge is 0.438 e. The lowest BCUT2D eigenvalue weighted by Crippen LogP contribution is -2.43. The Balaban J connectivity index is 1.74. The predicted octanol–water partition coefficient (Wildman–Crippen LogP) is 7.09. The number of para-hydroxylation sites is 1. The zero-order chi connectivity index (χ0) is 28.5. The number of aromatic nitrogens is 2. The van der Waals surface area contributed by atoms with Gasteiger partial charge in [0, 0.05) is 24.1 Å². The van der Waals surface area contributed by atoms with Gasteiger partial charge < -0.3 is 14.7 Å². The van der Waals surface area contributed by atoms with Gasteiger partial charge in [0.15, 0.2) is 17.3 Å². The van der Waals surface area contributed by atoms with E-state index in [0.717, 1.165) is 35.9 Å². The number of carbonyl (C=O) groups is 2.